The third-order valence-electron chi connectivity index (χ3n) is 2.94. The van der Waals surface area contributed by atoms with Crippen LogP contribution in [0.15, 0.2) is 24.3 Å². The number of nitrogens with one attached hydrogen (secondary N) is 1. The number of hydrogen-bond acceptors (Lipinski definition) is 3. The van der Waals surface area contributed by atoms with E-state index in [1.165, 1.54) is 5.69 Å². The van der Waals surface area contributed by atoms with Crippen molar-refractivity contribution in [3.8, 4) is 5.75 Å². The molecule has 1 saturated heterocycles. The van der Waals surface area contributed by atoms with Crippen LogP contribution in [-0.2, 0) is 0 Å². The Morgan fingerprint density at radius 3 is 2.82 bits per heavy atom. The van der Waals surface area contributed by atoms with Crippen LogP contribution in [-0.4, -0.2) is 31.8 Å². The van der Waals surface area contributed by atoms with E-state index in [-0.39, 0.29) is 6.10 Å². The predicted octanol–water partition coefficient (Wildman–Crippen LogP) is 2.27. The molecule has 0 aromatic heterocycles. The van der Waals surface area contributed by atoms with Crippen LogP contribution >= 0.6 is 0 Å². The van der Waals surface area contributed by atoms with Gasteiger partial charge in [0.05, 0.1) is 11.8 Å². The van der Waals surface area contributed by atoms with Crippen molar-refractivity contribution in [1.82, 2.24) is 5.32 Å². The zero-order chi connectivity index (χ0) is 12.3. The molecular weight excluding hydrogens is 212 g/mol. The van der Waals surface area contributed by atoms with Gasteiger partial charge in [-0.1, -0.05) is 12.1 Å². The lowest BCUT2D eigenvalue weighted by molar-refractivity contribution is 0.242. The fourth-order valence-corrected chi connectivity index (χ4v) is 2.22. The van der Waals surface area contributed by atoms with Crippen LogP contribution in [0, 0.1) is 0 Å². The Morgan fingerprint density at radius 2 is 2.12 bits per heavy atom. The fourth-order valence-electron chi connectivity index (χ4n) is 2.22. The molecule has 1 aromatic rings. The van der Waals surface area contributed by atoms with E-state index in [2.05, 4.69) is 49.2 Å². The van der Waals surface area contributed by atoms with Gasteiger partial charge in [0.2, 0.25) is 0 Å². The van der Waals surface area contributed by atoms with E-state index in [4.69, 9.17) is 4.74 Å². The lowest BCUT2D eigenvalue weighted by atomic mass is 10.2. The topological polar surface area (TPSA) is 24.5 Å². The number of anilines is 1. The molecule has 0 aliphatic carbocycles. The van der Waals surface area contributed by atoms with E-state index < -0.39 is 0 Å². The molecule has 2 rings (SSSR count). The summed E-state index contributed by atoms with van der Waals surface area (Å²) in [5, 5.41) is 3.46. The Morgan fingerprint density at radius 1 is 1.35 bits per heavy atom. The molecule has 1 atom stereocenters. The first-order valence-electron chi connectivity index (χ1n) is 6.41. The normalized spacial score (nSPS) is 20.7. The lowest BCUT2D eigenvalue weighted by Gasteiger charge is -2.34. The van der Waals surface area contributed by atoms with Gasteiger partial charge >= 0.3 is 0 Å². The molecular formula is C14H22N2O. The molecule has 1 aliphatic rings. The van der Waals surface area contributed by atoms with Crippen LogP contribution in [0.4, 0.5) is 5.69 Å². The van der Waals surface area contributed by atoms with E-state index in [1.807, 2.05) is 6.07 Å². The van der Waals surface area contributed by atoms with Crippen molar-refractivity contribution in [2.24, 2.45) is 0 Å². The summed E-state index contributed by atoms with van der Waals surface area (Å²) >= 11 is 0. The van der Waals surface area contributed by atoms with Crippen molar-refractivity contribution in [3.63, 3.8) is 0 Å². The second-order valence-electron chi connectivity index (χ2n) is 4.94. The molecule has 3 heteroatoms. The van der Waals surface area contributed by atoms with Crippen molar-refractivity contribution in [2.45, 2.75) is 32.9 Å². The Balaban J connectivity index is 2.18. The van der Waals surface area contributed by atoms with Gasteiger partial charge in [-0.25, -0.2) is 0 Å². The summed E-state index contributed by atoms with van der Waals surface area (Å²) in [7, 11) is 0. The van der Waals surface area contributed by atoms with Crippen molar-refractivity contribution in [3.05, 3.63) is 24.3 Å². The first-order chi connectivity index (χ1) is 8.16. The molecule has 1 unspecified atom stereocenters. The Bertz CT molecular complexity index is 365. The quantitative estimate of drug-likeness (QED) is 0.868. The van der Waals surface area contributed by atoms with Crippen LogP contribution in [0.3, 0.4) is 0 Å². The molecule has 0 spiro atoms. The molecule has 0 saturated carbocycles. The highest BCUT2D eigenvalue weighted by Crippen LogP contribution is 2.29. The second-order valence-corrected chi connectivity index (χ2v) is 4.94. The second kappa shape index (κ2) is 5.41. The third kappa shape index (κ3) is 3.13. The zero-order valence-electron chi connectivity index (χ0n) is 10.9. The summed E-state index contributed by atoms with van der Waals surface area (Å²) in [6.07, 6.45) is 0.219. The first kappa shape index (κ1) is 12.2. The number of nitrogens with zero attached hydrogens (tertiary/aromatic N) is 1. The van der Waals surface area contributed by atoms with Crippen molar-refractivity contribution in [1.29, 1.82) is 0 Å². The summed E-state index contributed by atoms with van der Waals surface area (Å²) in [6, 6.07) is 8.86. The molecule has 94 valence electrons. The van der Waals surface area contributed by atoms with Gasteiger partial charge in [0.1, 0.15) is 5.75 Å². The highest BCUT2D eigenvalue weighted by Gasteiger charge is 2.18. The molecule has 3 nitrogen and oxygen atoms in total. The first-order valence-corrected chi connectivity index (χ1v) is 6.41. The smallest absolute Gasteiger partial charge is 0.142 e. The van der Waals surface area contributed by atoms with E-state index in [1.54, 1.807) is 0 Å². The van der Waals surface area contributed by atoms with E-state index in [0.29, 0.717) is 6.04 Å². The maximum atomic E-state index is 5.87. The van der Waals surface area contributed by atoms with Crippen LogP contribution in [0.2, 0.25) is 0 Å². The standard InChI is InChI=1S/C14H22N2O/c1-11(2)17-14-7-5-4-6-13(14)16-9-8-15-12(3)10-16/h4-7,11-12,15H,8-10H2,1-3H3. The highest BCUT2D eigenvalue weighted by molar-refractivity contribution is 5.58. The average Bonchev–Trinajstić information content (AvgIpc) is 2.29. The third-order valence-corrected chi connectivity index (χ3v) is 2.94. The van der Waals surface area contributed by atoms with E-state index in [9.17, 15) is 0 Å². The highest BCUT2D eigenvalue weighted by atomic mass is 16.5. The zero-order valence-corrected chi connectivity index (χ0v) is 10.9. The van der Waals surface area contributed by atoms with Crippen LogP contribution in [0.1, 0.15) is 20.8 Å². The minimum absolute atomic E-state index is 0.219. The van der Waals surface area contributed by atoms with Gasteiger partial charge in [0, 0.05) is 25.7 Å². The molecule has 1 fully saturated rings. The number of piperazine rings is 1. The van der Waals surface area contributed by atoms with Crippen LogP contribution in [0.25, 0.3) is 0 Å². The predicted molar refractivity (Wildman–Crippen MR) is 71.9 cm³/mol. The number of para-hydroxylation sites is 2. The summed E-state index contributed by atoms with van der Waals surface area (Å²) in [6.45, 7) is 9.48. The molecule has 1 aromatic carbocycles. The van der Waals surface area contributed by atoms with Crippen molar-refractivity contribution >= 4 is 5.69 Å². The Hall–Kier alpha value is -1.22. The van der Waals surface area contributed by atoms with Crippen LogP contribution < -0.4 is 15.0 Å². The minimum atomic E-state index is 0.219. The van der Waals surface area contributed by atoms with Gasteiger partial charge in [-0.15, -0.1) is 0 Å². The minimum Gasteiger partial charge on any atom is -0.489 e. The molecule has 1 aliphatic heterocycles. The Kier molecular flexibility index (Phi) is 3.89. The SMILES string of the molecule is CC1CN(c2ccccc2OC(C)C)CCN1. The monoisotopic (exact) mass is 234 g/mol. The van der Waals surface area contributed by atoms with E-state index >= 15 is 0 Å². The number of hydrogen-bond donors (Lipinski definition) is 1. The van der Waals surface area contributed by atoms with Crippen molar-refractivity contribution in [2.75, 3.05) is 24.5 Å². The summed E-state index contributed by atoms with van der Waals surface area (Å²) in [5.41, 5.74) is 1.22. The molecule has 1 N–H and O–H groups in total. The van der Waals surface area contributed by atoms with Gasteiger partial charge in [0.15, 0.2) is 0 Å². The molecule has 0 radical (unpaired) electrons. The molecule has 1 heterocycles. The molecule has 17 heavy (non-hydrogen) atoms. The molecule has 0 amide bonds. The van der Waals surface area contributed by atoms with Gasteiger partial charge < -0.3 is 15.0 Å². The summed E-state index contributed by atoms with van der Waals surface area (Å²) in [5.74, 6) is 0.997. The number of rotatable bonds is 3. The van der Waals surface area contributed by atoms with Gasteiger partial charge in [-0.05, 0) is 32.9 Å². The lowest BCUT2D eigenvalue weighted by Crippen LogP contribution is -2.49. The van der Waals surface area contributed by atoms with Crippen molar-refractivity contribution < 1.29 is 4.74 Å². The Labute approximate surface area is 104 Å². The largest absolute Gasteiger partial charge is 0.489 e. The van der Waals surface area contributed by atoms with E-state index in [0.717, 1.165) is 25.4 Å². The van der Waals surface area contributed by atoms with Gasteiger partial charge in [-0.2, -0.15) is 0 Å². The maximum Gasteiger partial charge on any atom is 0.142 e. The number of ether oxygens (including phenoxy) is 1. The number of benzene rings is 1. The fraction of sp³-hybridized carbons (Fsp3) is 0.571. The maximum absolute atomic E-state index is 5.87. The van der Waals surface area contributed by atoms with Crippen LogP contribution in [0.5, 0.6) is 5.75 Å². The van der Waals surface area contributed by atoms with Gasteiger partial charge in [-0.3, -0.25) is 0 Å². The average molecular weight is 234 g/mol. The summed E-state index contributed by atoms with van der Waals surface area (Å²) < 4.78 is 5.87. The summed E-state index contributed by atoms with van der Waals surface area (Å²) in [4.78, 5) is 2.40. The molecule has 0 bridgehead atoms. The van der Waals surface area contributed by atoms with Gasteiger partial charge in [0.25, 0.3) is 0 Å².